The highest BCUT2D eigenvalue weighted by molar-refractivity contribution is 7.15. The normalized spacial score (nSPS) is 24.9. The smallest absolute Gasteiger partial charge is 0.185 e. The van der Waals surface area contributed by atoms with Crippen LogP contribution in [0.15, 0.2) is 6.20 Å². The molecule has 0 radical (unpaired) electrons. The van der Waals surface area contributed by atoms with Gasteiger partial charge in [-0.2, -0.15) is 0 Å². The Morgan fingerprint density at radius 3 is 2.65 bits per heavy atom. The summed E-state index contributed by atoms with van der Waals surface area (Å²) in [5.41, 5.74) is 0. The lowest BCUT2D eigenvalue weighted by Crippen LogP contribution is -2.21. The maximum atomic E-state index is 4.55. The van der Waals surface area contributed by atoms with Crippen LogP contribution in [-0.4, -0.2) is 24.1 Å². The van der Waals surface area contributed by atoms with Crippen LogP contribution < -0.4 is 10.2 Å². The SMILES string of the molecule is CC(C)NCc1cnc(N2CC(C)C(C)C2)s1. The number of rotatable bonds is 4. The number of hydrogen-bond donors (Lipinski definition) is 1. The van der Waals surface area contributed by atoms with Gasteiger partial charge in [-0.3, -0.25) is 0 Å². The van der Waals surface area contributed by atoms with E-state index in [0.29, 0.717) is 6.04 Å². The minimum Gasteiger partial charge on any atom is -0.348 e. The van der Waals surface area contributed by atoms with Gasteiger partial charge >= 0.3 is 0 Å². The molecule has 96 valence electrons. The average molecular weight is 253 g/mol. The van der Waals surface area contributed by atoms with E-state index in [0.717, 1.165) is 31.5 Å². The fraction of sp³-hybridized carbons (Fsp3) is 0.769. The maximum Gasteiger partial charge on any atom is 0.185 e. The van der Waals surface area contributed by atoms with E-state index < -0.39 is 0 Å². The maximum absolute atomic E-state index is 4.55. The van der Waals surface area contributed by atoms with Crippen molar-refractivity contribution in [2.75, 3.05) is 18.0 Å². The lowest BCUT2D eigenvalue weighted by molar-refractivity contribution is 0.494. The average Bonchev–Trinajstić information content (AvgIpc) is 2.84. The molecule has 0 amide bonds. The molecule has 0 bridgehead atoms. The summed E-state index contributed by atoms with van der Waals surface area (Å²) in [6, 6.07) is 0.535. The van der Waals surface area contributed by atoms with E-state index in [1.54, 1.807) is 0 Å². The fourth-order valence-electron chi connectivity index (χ4n) is 2.12. The number of hydrogen-bond acceptors (Lipinski definition) is 4. The van der Waals surface area contributed by atoms with Gasteiger partial charge in [0.25, 0.3) is 0 Å². The summed E-state index contributed by atoms with van der Waals surface area (Å²) in [4.78, 5) is 8.31. The molecule has 1 saturated heterocycles. The van der Waals surface area contributed by atoms with Crippen LogP contribution in [0.1, 0.15) is 32.6 Å². The summed E-state index contributed by atoms with van der Waals surface area (Å²) in [6.07, 6.45) is 2.02. The molecule has 3 nitrogen and oxygen atoms in total. The molecule has 4 heteroatoms. The van der Waals surface area contributed by atoms with Crippen LogP contribution >= 0.6 is 11.3 Å². The summed E-state index contributed by atoms with van der Waals surface area (Å²) in [5.74, 6) is 1.58. The Balaban J connectivity index is 1.94. The van der Waals surface area contributed by atoms with Crippen LogP contribution in [0.3, 0.4) is 0 Å². The van der Waals surface area contributed by atoms with Crippen LogP contribution in [0.25, 0.3) is 0 Å². The van der Waals surface area contributed by atoms with Crippen molar-refractivity contribution < 1.29 is 0 Å². The second-order valence-electron chi connectivity index (χ2n) is 5.50. The first-order valence-electron chi connectivity index (χ1n) is 6.49. The molecule has 0 saturated carbocycles. The molecule has 1 aliphatic rings. The lowest BCUT2D eigenvalue weighted by Gasteiger charge is -2.13. The van der Waals surface area contributed by atoms with Crippen LogP contribution in [0.5, 0.6) is 0 Å². The van der Waals surface area contributed by atoms with Crippen molar-refractivity contribution in [1.29, 1.82) is 0 Å². The molecule has 2 rings (SSSR count). The summed E-state index contributed by atoms with van der Waals surface area (Å²) < 4.78 is 0. The molecule has 0 aromatic carbocycles. The van der Waals surface area contributed by atoms with Crippen LogP contribution in [0.2, 0.25) is 0 Å². The van der Waals surface area contributed by atoms with Gasteiger partial charge < -0.3 is 10.2 Å². The van der Waals surface area contributed by atoms with E-state index in [1.807, 2.05) is 17.5 Å². The topological polar surface area (TPSA) is 28.2 Å². The Hall–Kier alpha value is -0.610. The minimum atomic E-state index is 0.535. The van der Waals surface area contributed by atoms with Crippen LogP contribution in [0.4, 0.5) is 5.13 Å². The first kappa shape index (κ1) is 12.8. The third-order valence-electron chi connectivity index (χ3n) is 3.48. The minimum absolute atomic E-state index is 0.535. The van der Waals surface area contributed by atoms with E-state index >= 15 is 0 Å². The summed E-state index contributed by atoms with van der Waals surface area (Å²) >= 11 is 1.83. The van der Waals surface area contributed by atoms with Gasteiger partial charge in [-0.15, -0.1) is 11.3 Å². The Bertz CT molecular complexity index is 351. The molecule has 1 aromatic rings. The van der Waals surface area contributed by atoms with Crippen molar-refractivity contribution in [3.05, 3.63) is 11.1 Å². The van der Waals surface area contributed by atoms with Crippen molar-refractivity contribution in [3.8, 4) is 0 Å². The van der Waals surface area contributed by atoms with Gasteiger partial charge in [0, 0.05) is 36.8 Å². The van der Waals surface area contributed by atoms with Gasteiger partial charge in [-0.05, 0) is 11.8 Å². The monoisotopic (exact) mass is 253 g/mol. The summed E-state index contributed by atoms with van der Waals surface area (Å²) in [5, 5.41) is 4.63. The Labute approximate surface area is 108 Å². The number of anilines is 1. The highest BCUT2D eigenvalue weighted by atomic mass is 32.1. The molecular weight excluding hydrogens is 230 g/mol. The van der Waals surface area contributed by atoms with Crippen molar-refractivity contribution in [2.24, 2.45) is 11.8 Å². The van der Waals surface area contributed by atoms with E-state index in [-0.39, 0.29) is 0 Å². The second kappa shape index (κ2) is 5.36. The highest BCUT2D eigenvalue weighted by Crippen LogP contribution is 2.30. The van der Waals surface area contributed by atoms with Crippen LogP contribution in [-0.2, 0) is 6.54 Å². The van der Waals surface area contributed by atoms with E-state index in [2.05, 4.69) is 42.9 Å². The Morgan fingerprint density at radius 2 is 2.06 bits per heavy atom. The van der Waals surface area contributed by atoms with Gasteiger partial charge in [-0.1, -0.05) is 27.7 Å². The summed E-state index contributed by atoms with van der Waals surface area (Å²) in [6.45, 7) is 12.3. The quantitative estimate of drug-likeness (QED) is 0.894. The molecule has 0 aliphatic carbocycles. The van der Waals surface area contributed by atoms with Gasteiger partial charge in [0.15, 0.2) is 5.13 Å². The van der Waals surface area contributed by atoms with Gasteiger partial charge in [0.05, 0.1) is 0 Å². The van der Waals surface area contributed by atoms with E-state index in [9.17, 15) is 0 Å². The first-order chi connectivity index (χ1) is 8.06. The zero-order valence-corrected chi connectivity index (χ0v) is 12.0. The van der Waals surface area contributed by atoms with Gasteiger partial charge in [0.1, 0.15) is 0 Å². The highest BCUT2D eigenvalue weighted by Gasteiger charge is 2.27. The van der Waals surface area contributed by atoms with Gasteiger partial charge in [-0.25, -0.2) is 4.98 Å². The molecule has 1 aromatic heterocycles. The third-order valence-corrected chi connectivity index (χ3v) is 4.54. The number of aromatic nitrogens is 1. The second-order valence-corrected chi connectivity index (χ2v) is 6.60. The van der Waals surface area contributed by atoms with Crippen molar-refractivity contribution in [1.82, 2.24) is 10.3 Å². The molecule has 0 spiro atoms. The third kappa shape index (κ3) is 3.19. The Kier molecular flexibility index (Phi) is 4.05. The van der Waals surface area contributed by atoms with E-state index in [4.69, 9.17) is 0 Å². The van der Waals surface area contributed by atoms with Crippen molar-refractivity contribution >= 4 is 16.5 Å². The lowest BCUT2D eigenvalue weighted by atomic mass is 10.0. The zero-order chi connectivity index (χ0) is 12.4. The van der Waals surface area contributed by atoms with Crippen LogP contribution in [0, 0.1) is 11.8 Å². The molecular formula is C13H23N3S. The largest absolute Gasteiger partial charge is 0.348 e. The summed E-state index contributed by atoms with van der Waals surface area (Å²) in [7, 11) is 0. The predicted octanol–water partition coefficient (Wildman–Crippen LogP) is 2.73. The Morgan fingerprint density at radius 1 is 1.41 bits per heavy atom. The number of nitrogens with zero attached hydrogens (tertiary/aromatic N) is 2. The molecule has 17 heavy (non-hydrogen) atoms. The molecule has 1 aliphatic heterocycles. The molecule has 2 atom stereocenters. The number of thiazole rings is 1. The fourth-order valence-corrected chi connectivity index (χ4v) is 2.99. The molecule has 1 fully saturated rings. The van der Waals surface area contributed by atoms with Crippen molar-refractivity contribution in [2.45, 2.75) is 40.3 Å². The standard InChI is InChI=1S/C13H23N3S/c1-9(2)14-5-12-6-15-13(17-12)16-7-10(3)11(4)8-16/h6,9-11,14H,5,7-8H2,1-4H3. The zero-order valence-electron chi connectivity index (χ0n) is 11.2. The van der Waals surface area contributed by atoms with Crippen molar-refractivity contribution in [3.63, 3.8) is 0 Å². The first-order valence-corrected chi connectivity index (χ1v) is 7.31. The molecule has 2 heterocycles. The predicted molar refractivity (Wildman–Crippen MR) is 74.6 cm³/mol. The van der Waals surface area contributed by atoms with Gasteiger partial charge in [0.2, 0.25) is 0 Å². The molecule has 1 N–H and O–H groups in total. The van der Waals surface area contributed by atoms with E-state index in [1.165, 1.54) is 10.0 Å². The molecule has 2 unspecified atom stereocenters. The number of nitrogens with one attached hydrogen (secondary N) is 1.